The molecule has 0 aliphatic carbocycles. The average Bonchev–Trinajstić information content (AvgIpc) is 2.86. The molecule has 0 saturated heterocycles. The van der Waals surface area contributed by atoms with Gasteiger partial charge in [-0.1, -0.05) is 23.9 Å². The fourth-order valence-corrected chi connectivity index (χ4v) is 4.50. The molecule has 2 amide bonds. The van der Waals surface area contributed by atoms with Gasteiger partial charge in [-0.05, 0) is 39.8 Å². The molecule has 1 aromatic heterocycles. The van der Waals surface area contributed by atoms with Gasteiger partial charge in [0.25, 0.3) is 5.91 Å². The molecule has 0 bridgehead atoms. The van der Waals surface area contributed by atoms with E-state index in [1.54, 1.807) is 16.5 Å². The van der Waals surface area contributed by atoms with E-state index in [0.29, 0.717) is 13.1 Å². The SMILES string of the molecule is CCN1C(=O)C(C)(C(=O)NCc2c(C)nn(C)c2C)Sc2ccccc21. The first-order valence-corrected chi connectivity index (χ1v) is 9.48. The summed E-state index contributed by atoms with van der Waals surface area (Å²) in [5, 5.41) is 7.32. The first kappa shape index (κ1) is 18.5. The lowest BCUT2D eigenvalue weighted by atomic mass is 10.1. The molecule has 7 heteroatoms. The van der Waals surface area contributed by atoms with Crippen LogP contribution in [-0.2, 0) is 23.2 Å². The van der Waals surface area contributed by atoms with Crippen molar-refractivity contribution in [3.8, 4) is 0 Å². The minimum Gasteiger partial charge on any atom is -0.350 e. The number of para-hydroxylation sites is 1. The van der Waals surface area contributed by atoms with Crippen LogP contribution in [0.4, 0.5) is 5.69 Å². The fraction of sp³-hybridized carbons (Fsp3) is 0.421. The number of nitrogens with one attached hydrogen (secondary N) is 1. The van der Waals surface area contributed by atoms with Gasteiger partial charge in [0.15, 0.2) is 4.75 Å². The van der Waals surface area contributed by atoms with Crippen molar-refractivity contribution < 1.29 is 9.59 Å². The summed E-state index contributed by atoms with van der Waals surface area (Å²) in [6.45, 7) is 8.41. The Hall–Kier alpha value is -2.28. The van der Waals surface area contributed by atoms with E-state index in [4.69, 9.17) is 0 Å². The molecule has 1 aliphatic rings. The summed E-state index contributed by atoms with van der Waals surface area (Å²) in [5.41, 5.74) is 3.76. The molecule has 0 saturated carbocycles. The van der Waals surface area contributed by atoms with Crippen LogP contribution in [0.25, 0.3) is 0 Å². The number of nitrogens with zero attached hydrogens (tertiary/aromatic N) is 3. The second-order valence-corrected chi connectivity index (χ2v) is 8.07. The van der Waals surface area contributed by atoms with E-state index < -0.39 is 4.75 Å². The quantitative estimate of drug-likeness (QED) is 0.838. The van der Waals surface area contributed by atoms with Crippen molar-refractivity contribution in [3.05, 3.63) is 41.2 Å². The zero-order valence-corrected chi connectivity index (χ0v) is 16.6. The number of hydrogen-bond acceptors (Lipinski definition) is 4. The summed E-state index contributed by atoms with van der Waals surface area (Å²) >= 11 is 1.32. The van der Waals surface area contributed by atoms with Crippen LogP contribution in [0.1, 0.15) is 30.8 Å². The molecule has 1 aromatic carbocycles. The van der Waals surface area contributed by atoms with Gasteiger partial charge in [0.1, 0.15) is 0 Å². The molecular formula is C19H24N4O2S. The van der Waals surface area contributed by atoms with Crippen LogP contribution in [-0.4, -0.2) is 32.9 Å². The van der Waals surface area contributed by atoms with Crippen molar-refractivity contribution in [1.82, 2.24) is 15.1 Å². The van der Waals surface area contributed by atoms with E-state index >= 15 is 0 Å². The number of fused-ring (bicyclic) bond motifs is 1. The molecule has 1 aliphatic heterocycles. The van der Waals surface area contributed by atoms with Crippen molar-refractivity contribution in [2.75, 3.05) is 11.4 Å². The highest BCUT2D eigenvalue weighted by molar-refractivity contribution is 8.02. The molecule has 1 unspecified atom stereocenters. The smallest absolute Gasteiger partial charge is 0.252 e. The minimum atomic E-state index is -1.19. The van der Waals surface area contributed by atoms with Gasteiger partial charge in [-0.15, -0.1) is 0 Å². The van der Waals surface area contributed by atoms with Gasteiger partial charge in [0.2, 0.25) is 5.91 Å². The summed E-state index contributed by atoms with van der Waals surface area (Å²) in [7, 11) is 1.88. The van der Waals surface area contributed by atoms with Crippen molar-refractivity contribution in [2.24, 2.45) is 7.05 Å². The maximum absolute atomic E-state index is 13.1. The van der Waals surface area contributed by atoms with Crippen LogP contribution >= 0.6 is 11.8 Å². The van der Waals surface area contributed by atoms with Crippen LogP contribution in [0, 0.1) is 13.8 Å². The fourth-order valence-electron chi connectivity index (χ4n) is 3.27. The molecule has 6 nitrogen and oxygen atoms in total. The molecule has 138 valence electrons. The highest BCUT2D eigenvalue weighted by Gasteiger charge is 2.48. The maximum Gasteiger partial charge on any atom is 0.252 e. The average molecular weight is 372 g/mol. The lowest BCUT2D eigenvalue weighted by Gasteiger charge is -2.38. The van der Waals surface area contributed by atoms with E-state index in [0.717, 1.165) is 27.5 Å². The Morgan fingerprint density at radius 2 is 2.00 bits per heavy atom. The predicted molar refractivity (Wildman–Crippen MR) is 103 cm³/mol. The lowest BCUT2D eigenvalue weighted by molar-refractivity contribution is -0.131. The molecule has 0 radical (unpaired) electrons. The van der Waals surface area contributed by atoms with E-state index in [9.17, 15) is 9.59 Å². The monoisotopic (exact) mass is 372 g/mol. The van der Waals surface area contributed by atoms with Gasteiger partial charge in [-0.25, -0.2) is 0 Å². The molecular weight excluding hydrogens is 348 g/mol. The number of rotatable bonds is 4. The zero-order chi connectivity index (χ0) is 19.1. The molecule has 2 heterocycles. The van der Waals surface area contributed by atoms with Crippen LogP contribution < -0.4 is 10.2 Å². The molecule has 1 N–H and O–H groups in total. The Morgan fingerprint density at radius 3 is 2.62 bits per heavy atom. The molecule has 0 fully saturated rings. The summed E-state index contributed by atoms with van der Waals surface area (Å²) in [5.74, 6) is -0.455. The maximum atomic E-state index is 13.1. The third-order valence-electron chi connectivity index (χ3n) is 4.96. The Labute approximate surface area is 157 Å². The van der Waals surface area contributed by atoms with E-state index in [1.807, 2.05) is 52.1 Å². The van der Waals surface area contributed by atoms with Gasteiger partial charge >= 0.3 is 0 Å². The Bertz CT molecular complexity index is 876. The summed E-state index contributed by atoms with van der Waals surface area (Å²) in [6.07, 6.45) is 0. The number of hydrogen-bond donors (Lipinski definition) is 1. The summed E-state index contributed by atoms with van der Waals surface area (Å²) in [4.78, 5) is 28.7. The van der Waals surface area contributed by atoms with Crippen LogP contribution in [0.15, 0.2) is 29.2 Å². The molecule has 2 aromatic rings. The van der Waals surface area contributed by atoms with E-state index in [-0.39, 0.29) is 11.8 Å². The van der Waals surface area contributed by atoms with Gasteiger partial charge in [-0.2, -0.15) is 5.10 Å². The zero-order valence-electron chi connectivity index (χ0n) is 15.8. The first-order chi connectivity index (χ1) is 12.3. The topological polar surface area (TPSA) is 67.2 Å². The molecule has 0 spiro atoms. The lowest BCUT2D eigenvalue weighted by Crippen LogP contribution is -2.56. The summed E-state index contributed by atoms with van der Waals surface area (Å²) in [6, 6.07) is 7.71. The standard InChI is InChI=1S/C19H24N4O2S/c1-6-23-15-9-7-8-10-16(15)26-19(4,18(23)25)17(24)20-11-14-12(2)21-22(5)13(14)3/h7-10H,6,11H2,1-5H3,(H,20,24). The normalized spacial score (nSPS) is 19.4. The van der Waals surface area contributed by atoms with Gasteiger partial charge in [0, 0.05) is 36.3 Å². The third kappa shape index (κ3) is 2.90. The predicted octanol–water partition coefficient (Wildman–Crippen LogP) is 2.57. The van der Waals surface area contributed by atoms with Crippen molar-refractivity contribution in [3.63, 3.8) is 0 Å². The molecule has 26 heavy (non-hydrogen) atoms. The van der Waals surface area contributed by atoms with Crippen LogP contribution in [0.5, 0.6) is 0 Å². The number of carbonyl (C=O) groups excluding carboxylic acids is 2. The van der Waals surface area contributed by atoms with E-state index in [1.165, 1.54) is 11.8 Å². The number of carbonyl (C=O) groups is 2. The largest absolute Gasteiger partial charge is 0.350 e. The number of aromatic nitrogens is 2. The Kier molecular flexibility index (Phi) is 4.84. The Balaban J connectivity index is 1.85. The highest BCUT2D eigenvalue weighted by atomic mass is 32.2. The highest BCUT2D eigenvalue weighted by Crippen LogP contribution is 2.45. The minimum absolute atomic E-state index is 0.180. The molecule has 3 rings (SSSR count). The van der Waals surface area contributed by atoms with Gasteiger partial charge < -0.3 is 10.2 Å². The number of amides is 2. The third-order valence-corrected chi connectivity index (χ3v) is 6.29. The van der Waals surface area contributed by atoms with Gasteiger partial charge in [-0.3, -0.25) is 14.3 Å². The van der Waals surface area contributed by atoms with Crippen LogP contribution in [0.3, 0.4) is 0 Å². The second-order valence-electron chi connectivity index (χ2n) is 6.61. The number of anilines is 1. The van der Waals surface area contributed by atoms with Crippen molar-refractivity contribution in [1.29, 1.82) is 0 Å². The molecule has 1 atom stereocenters. The van der Waals surface area contributed by atoms with Gasteiger partial charge in [0.05, 0.1) is 11.4 Å². The number of aryl methyl sites for hydroxylation is 2. The van der Waals surface area contributed by atoms with E-state index in [2.05, 4.69) is 10.4 Å². The van der Waals surface area contributed by atoms with Crippen LogP contribution in [0.2, 0.25) is 0 Å². The number of thioether (sulfide) groups is 1. The number of benzene rings is 1. The van der Waals surface area contributed by atoms with Crippen molar-refractivity contribution in [2.45, 2.75) is 43.9 Å². The Morgan fingerprint density at radius 1 is 1.31 bits per heavy atom. The summed E-state index contributed by atoms with van der Waals surface area (Å²) < 4.78 is 0.614. The first-order valence-electron chi connectivity index (χ1n) is 8.67. The second kappa shape index (κ2) is 6.79. The van der Waals surface area contributed by atoms with Crippen molar-refractivity contribution >= 4 is 29.3 Å².